The molecule has 11 heavy (non-hydrogen) atoms. The fourth-order valence-electron chi connectivity index (χ4n) is 1.74. The molecule has 0 unspecified atom stereocenters. The quantitative estimate of drug-likeness (QED) is 0.667. The van der Waals surface area contributed by atoms with Gasteiger partial charge in [-0.2, -0.15) is 0 Å². The summed E-state index contributed by atoms with van der Waals surface area (Å²) < 4.78 is 0. The van der Waals surface area contributed by atoms with Crippen LogP contribution in [0.5, 0.6) is 0 Å². The smallest absolute Gasteiger partial charge is 0.198 e. The van der Waals surface area contributed by atoms with Crippen molar-refractivity contribution < 1.29 is 4.79 Å². The lowest BCUT2D eigenvalue weighted by Gasteiger charge is -2.25. The molecule has 0 amide bonds. The molecule has 0 aliphatic heterocycles. The lowest BCUT2D eigenvalue weighted by Crippen LogP contribution is -2.26. The zero-order valence-electron chi connectivity index (χ0n) is 6.88. The SMILES string of the molecule is NC1CCC(CC[C]=O)CC1. The van der Waals surface area contributed by atoms with E-state index in [9.17, 15) is 4.79 Å². The van der Waals surface area contributed by atoms with Gasteiger partial charge in [0.25, 0.3) is 0 Å². The van der Waals surface area contributed by atoms with Crippen molar-refractivity contribution in [2.75, 3.05) is 0 Å². The largest absolute Gasteiger partial charge is 0.328 e. The van der Waals surface area contributed by atoms with E-state index in [4.69, 9.17) is 5.73 Å². The Morgan fingerprint density at radius 1 is 1.27 bits per heavy atom. The standard InChI is InChI=1S/C9H16NO/c10-9-5-3-8(4-6-9)2-1-7-11/h8-9H,1-6,10H2. The maximum absolute atomic E-state index is 9.96. The van der Waals surface area contributed by atoms with Gasteiger partial charge >= 0.3 is 0 Å². The van der Waals surface area contributed by atoms with Crippen molar-refractivity contribution in [3.8, 4) is 0 Å². The van der Waals surface area contributed by atoms with E-state index in [1.54, 1.807) is 0 Å². The van der Waals surface area contributed by atoms with E-state index in [0.29, 0.717) is 12.5 Å². The first-order valence-corrected chi connectivity index (χ1v) is 4.43. The minimum atomic E-state index is 0.423. The van der Waals surface area contributed by atoms with Gasteiger partial charge in [0.15, 0.2) is 6.29 Å². The van der Waals surface area contributed by atoms with Crippen LogP contribution in [0.25, 0.3) is 0 Å². The van der Waals surface area contributed by atoms with E-state index in [-0.39, 0.29) is 0 Å². The molecule has 0 aromatic rings. The van der Waals surface area contributed by atoms with Crippen LogP contribution in [0.4, 0.5) is 0 Å². The maximum Gasteiger partial charge on any atom is 0.198 e. The van der Waals surface area contributed by atoms with Crippen molar-refractivity contribution >= 4 is 6.29 Å². The summed E-state index contributed by atoms with van der Waals surface area (Å²) in [4.78, 5) is 9.96. The van der Waals surface area contributed by atoms with Crippen molar-refractivity contribution in [3.63, 3.8) is 0 Å². The highest BCUT2D eigenvalue weighted by Crippen LogP contribution is 2.26. The van der Waals surface area contributed by atoms with Crippen LogP contribution < -0.4 is 5.73 Å². The Kier molecular flexibility index (Phi) is 3.57. The zero-order valence-corrected chi connectivity index (χ0v) is 6.88. The van der Waals surface area contributed by atoms with E-state index >= 15 is 0 Å². The van der Waals surface area contributed by atoms with Crippen LogP contribution in [-0.2, 0) is 4.79 Å². The molecule has 0 aromatic carbocycles. The Bertz CT molecular complexity index is 117. The molecule has 1 saturated carbocycles. The molecule has 1 radical (unpaired) electrons. The average molecular weight is 154 g/mol. The summed E-state index contributed by atoms with van der Waals surface area (Å²) in [5.41, 5.74) is 5.75. The van der Waals surface area contributed by atoms with E-state index in [0.717, 1.165) is 25.2 Å². The predicted octanol–water partition coefficient (Wildman–Crippen LogP) is 1.39. The number of rotatable bonds is 3. The van der Waals surface area contributed by atoms with Crippen molar-refractivity contribution in [1.29, 1.82) is 0 Å². The number of carbonyl (C=O) groups excluding carboxylic acids is 1. The van der Waals surface area contributed by atoms with Gasteiger partial charge in [-0.25, -0.2) is 0 Å². The zero-order chi connectivity index (χ0) is 8.10. The van der Waals surface area contributed by atoms with Gasteiger partial charge in [0.2, 0.25) is 0 Å². The summed E-state index contributed by atoms with van der Waals surface area (Å²) in [5.74, 6) is 0.747. The maximum atomic E-state index is 9.96. The lowest BCUT2D eigenvalue weighted by atomic mass is 9.84. The third-order valence-corrected chi connectivity index (χ3v) is 2.55. The highest BCUT2D eigenvalue weighted by atomic mass is 16.1. The van der Waals surface area contributed by atoms with Crippen molar-refractivity contribution in [2.45, 2.75) is 44.6 Å². The van der Waals surface area contributed by atoms with Crippen molar-refractivity contribution in [3.05, 3.63) is 0 Å². The molecule has 0 heterocycles. The second-order valence-corrected chi connectivity index (χ2v) is 3.46. The molecule has 0 aromatic heterocycles. The van der Waals surface area contributed by atoms with Crippen LogP contribution in [0, 0.1) is 5.92 Å². The van der Waals surface area contributed by atoms with E-state index in [1.807, 2.05) is 6.29 Å². The summed E-state index contributed by atoms with van der Waals surface area (Å²) in [6.45, 7) is 0. The number of nitrogens with two attached hydrogens (primary N) is 1. The molecular formula is C9H16NO. The van der Waals surface area contributed by atoms with Crippen molar-refractivity contribution in [1.82, 2.24) is 0 Å². The topological polar surface area (TPSA) is 43.1 Å². The monoisotopic (exact) mass is 154 g/mol. The second-order valence-electron chi connectivity index (χ2n) is 3.46. The molecule has 1 fully saturated rings. The van der Waals surface area contributed by atoms with Gasteiger partial charge in [0.1, 0.15) is 0 Å². The summed E-state index contributed by atoms with van der Waals surface area (Å²) in [7, 11) is 0. The molecule has 1 aliphatic rings. The van der Waals surface area contributed by atoms with E-state index in [1.165, 1.54) is 12.8 Å². The lowest BCUT2D eigenvalue weighted by molar-refractivity contribution is 0.313. The van der Waals surface area contributed by atoms with E-state index < -0.39 is 0 Å². The van der Waals surface area contributed by atoms with Crippen LogP contribution in [0.3, 0.4) is 0 Å². The fraction of sp³-hybridized carbons (Fsp3) is 0.889. The highest BCUT2D eigenvalue weighted by molar-refractivity contribution is 5.50. The first-order valence-electron chi connectivity index (χ1n) is 4.43. The summed E-state index contributed by atoms with van der Waals surface area (Å²) in [6.07, 6.45) is 8.29. The van der Waals surface area contributed by atoms with Gasteiger partial charge in [0.05, 0.1) is 0 Å². The fourth-order valence-corrected chi connectivity index (χ4v) is 1.74. The van der Waals surface area contributed by atoms with Crippen LogP contribution >= 0.6 is 0 Å². The van der Waals surface area contributed by atoms with Crippen LogP contribution in [-0.4, -0.2) is 12.3 Å². The first-order chi connectivity index (χ1) is 5.33. The number of hydrogen-bond acceptors (Lipinski definition) is 2. The highest BCUT2D eigenvalue weighted by Gasteiger charge is 2.17. The van der Waals surface area contributed by atoms with Gasteiger partial charge in [-0.3, -0.25) is 4.79 Å². The van der Waals surface area contributed by atoms with Gasteiger partial charge in [-0.15, -0.1) is 0 Å². The van der Waals surface area contributed by atoms with Crippen LogP contribution in [0.15, 0.2) is 0 Å². The molecule has 0 spiro atoms. The molecule has 0 bridgehead atoms. The molecule has 0 atom stereocenters. The predicted molar refractivity (Wildman–Crippen MR) is 44.9 cm³/mol. The Balaban J connectivity index is 2.12. The first kappa shape index (κ1) is 8.72. The van der Waals surface area contributed by atoms with Gasteiger partial charge in [0, 0.05) is 12.5 Å². The molecule has 2 N–H and O–H groups in total. The Hall–Kier alpha value is -0.370. The Morgan fingerprint density at radius 3 is 2.45 bits per heavy atom. The normalized spacial score (nSPS) is 31.7. The minimum Gasteiger partial charge on any atom is -0.328 e. The number of hydrogen-bond donors (Lipinski definition) is 1. The summed E-state index contributed by atoms with van der Waals surface area (Å²) >= 11 is 0. The molecule has 2 heteroatoms. The van der Waals surface area contributed by atoms with Gasteiger partial charge < -0.3 is 5.73 Å². The molecule has 1 rings (SSSR count). The van der Waals surface area contributed by atoms with Crippen LogP contribution in [0.1, 0.15) is 38.5 Å². The van der Waals surface area contributed by atoms with Crippen molar-refractivity contribution in [2.24, 2.45) is 11.7 Å². The molecule has 2 nitrogen and oxygen atoms in total. The third kappa shape index (κ3) is 3.02. The van der Waals surface area contributed by atoms with Gasteiger partial charge in [-0.1, -0.05) is 0 Å². The third-order valence-electron chi connectivity index (χ3n) is 2.55. The Labute approximate surface area is 68.2 Å². The minimum absolute atomic E-state index is 0.423. The Morgan fingerprint density at radius 2 is 1.91 bits per heavy atom. The molecule has 63 valence electrons. The summed E-state index contributed by atoms with van der Waals surface area (Å²) in [6, 6.07) is 0.423. The van der Waals surface area contributed by atoms with Crippen LogP contribution in [0.2, 0.25) is 0 Å². The van der Waals surface area contributed by atoms with E-state index in [2.05, 4.69) is 0 Å². The average Bonchev–Trinajstić information content (AvgIpc) is 2.04. The molecule has 1 aliphatic carbocycles. The second kappa shape index (κ2) is 4.50. The van der Waals surface area contributed by atoms with Gasteiger partial charge in [-0.05, 0) is 38.0 Å². The molecular weight excluding hydrogens is 138 g/mol. The summed E-state index contributed by atoms with van der Waals surface area (Å²) in [5, 5.41) is 0. The molecule has 0 saturated heterocycles.